The molecular weight excluding hydrogens is 290 g/mol. The minimum Gasteiger partial charge on any atom is -0.206 e. The molecule has 1 N–H and O–H groups in total. The first-order valence-corrected chi connectivity index (χ1v) is 7.99. The van der Waals surface area contributed by atoms with E-state index in [1.165, 1.54) is 6.07 Å². The van der Waals surface area contributed by atoms with Crippen molar-refractivity contribution in [3.63, 3.8) is 0 Å². The van der Waals surface area contributed by atoms with Crippen LogP contribution >= 0.6 is 22.9 Å². The van der Waals surface area contributed by atoms with E-state index in [-0.39, 0.29) is 10.3 Å². The highest BCUT2D eigenvalue weighted by Gasteiger charge is 2.19. The van der Waals surface area contributed by atoms with Gasteiger partial charge in [0.2, 0.25) is 0 Å². The normalized spacial score (nSPS) is 13.4. The number of halogens is 1. The Hall–Kier alpha value is -0.880. The van der Waals surface area contributed by atoms with E-state index in [0.29, 0.717) is 4.34 Å². The van der Waals surface area contributed by atoms with Gasteiger partial charge in [-0.1, -0.05) is 41.9 Å². The van der Waals surface area contributed by atoms with E-state index in [2.05, 4.69) is 4.72 Å². The van der Waals surface area contributed by atoms with Crippen molar-refractivity contribution in [3.8, 4) is 0 Å². The summed E-state index contributed by atoms with van der Waals surface area (Å²) >= 11 is 6.79. The second-order valence-corrected chi connectivity index (χ2v) is 7.47. The zero-order valence-electron chi connectivity index (χ0n) is 9.63. The highest BCUT2D eigenvalue weighted by molar-refractivity contribution is 7.91. The molecule has 0 bridgehead atoms. The van der Waals surface area contributed by atoms with E-state index >= 15 is 0 Å². The summed E-state index contributed by atoms with van der Waals surface area (Å²) in [5.74, 6) is 0. The molecule has 2 aromatic rings. The third-order valence-electron chi connectivity index (χ3n) is 2.44. The first-order chi connectivity index (χ1) is 8.49. The van der Waals surface area contributed by atoms with Crippen molar-refractivity contribution >= 4 is 33.0 Å². The number of hydrogen-bond acceptors (Lipinski definition) is 3. The largest absolute Gasteiger partial charge is 0.250 e. The van der Waals surface area contributed by atoms with Crippen LogP contribution in [0, 0.1) is 0 Å². The fourth-order valence-electron chi connectivity index (χ4n) is 1.54. The monoisotopic (exact) mass is 301 g/mol. The van der Waals surface area contributed by atoms with Gasteiger partial charge in [0.25, 0.3) is 10.0 Å². The van der Waals surface area contributed by atoms with Gasteiger partial charge >= 0.3 is 0 Å². The molecule has 0 saturated carbocycles. The number of benzene rings is 1. The first kappa shape index (κ1) is 13.5. The maximum Gasteiger partial charge on any atom is 0.250 e. The Morgan fingerprint density at radius 1 is 1.17 bits per heavy atom. The van der Waals surface area contributed by atoms with Gasteiger partial charge in [0.1, 0.15) is 4.21 Å². The van der Waals surface area contributed by atoms with Crippen molar-refractivity contribution in [1.29, 1.82) is 0 Å². The van der Waals surface area contributed by atoms with Crippen LogP contribution in [0.25, 0.3) is 0 Å². The number of sulfonamides is 1. The van der Waals surface area contributed by atoms with Crippen molar-refractivity contribution in [2.75, 3.05) is 0 Å². The predicted molar refractivity (Wildman–Crippen MR) is 74.5 cm³/mol. The molecule has 1 atom stereocenters. The van der Waals surface area contributed by atoms with Crippen molar-refractivity contribution in [3.05, 3.63) is 52.4 Å². The Bertz CT molecular complexity index is 623. The molecule has 2 rings (SSSR count). The summed E-state index contributed by atoms with van der Waals surface area (Å²) in [6.07, 6.45) is 0. The molecular formula is C12H12ClNO2S2. The molecule has 0 aliphatic rings. The van der Waals surface area contributed by atoms with Crippen LogP contribution in [0.3, 0.4) is 0 Å². The molecule has 0 aliphatic heterocycles. The zero-order chi connectivity index (χ0) is 13.2. The standard InChI is InChI=1S/C12H12ClNO2S2/c1-9(10-5-3-2-4-6-10)14-18(15,16)12-8-7-11(13)17-12/h2-9,14H,1H3/t9-/m1/s1. The molecule has 1 aromatic heterocycles. The van der Waals surface area contributed by atoms with Gasteiger partial charge in [-0.3, -0.25) is 0 Å². The summed E-state index contributed by atoms with van der Waals surface area (Å²) in [6.45, 7) is 1.81. The summed E-state index contributed by atoms with van der Waals surface area (Å²) in [5.41, 5.74) is 0.920. The van der Waals surface area contributed by atoms with Crippen molar-refractivity contribution in [2.45, 2.75) is 17.2 Å². The van der Waals surface area contributed by atoms with Crippen molar-refractivity contribution in [2.24, 2.45) is 0 Å². The smallest absolute Gasteiger partial charge is 0.206 e. The van der Waals surface area contributed by atoms with Crippen LogP contribution in [0.2, 0.25) is 4.34 Å². The van der Waals surface area contributed by atoms with E-state index in [4.69, 9.17) is 11.6 Å². The van der Waals surface area contributed by atoms with Crippen LogP contribution in [-0.2, 0) is 10.0 Å². The molecule has 0 aliphatic carbocycles. The summed E-state index contributed by atoms with van der Waals surface area (Å²) in [5, 5.41) is 0. The molecule has 96 valence electrons. The molecule has 0 spiro atoms. The molecule has 0 unspecified atom stereocenters. The molecule has 0 saturated heterocycles. The van der Waals surface area contributed by atoms with E-state index in [9.17, 15) is 8.42 Å². The molecule has 3 nitrogen and oxygen atoms in total. The lowest BCUT2D eigenvalue weighted by Gasteiger charge is -2.13. The van der Waals surface area contributed by atoms with Gasteiger partial charge < -0.3 is 0 Å². The van der Waals surface area contributed by atoms with Gasteiger partial charge in [-0.2, -0.15) is 0 Å². The van der Waals surface area contributed by atoms with E-state index in [1.54, 1.807) is 6.07 Å². The maximum atomic E-state index is 12.1. The molecule has 1 heterocycles. The second kappa shape index (κ2) is 5.40. The van der Waals surface area contributed by atoms with Gasteiger partial charge in [0.15, 0.2) is 0 Å². The average Bonchev–Trinajstić information content (AvgIpc) is 2.77. The number of hydrogen-bond donors (Lipinski definition) is 1. The van der Waals surface area contributed by atoms with Crippen molar-refractivity contribution in [1.82, 2.24) is 4.72 Å². The highest BCUT2D eigenvalue weighted by Crippen LogP contribution is 2.26. The summed E-state index contributed by atoms with van der Waals surface area (Å²) < 4.78 is 27.5. The fraction of sp³-hybridized carbons (Fsp3) is 0.167. The highest BCUT2D eigenvalue weighted by atomic mass is 35.5. The summed E-state index contributed by atoms with van der Waals surface area (Å²) in [4.78, 5) is 0. The Balaban J connectivity index is 2.19. The lowest BCUT2D eigenvalue weighted by molar-refractivity contribution is 0.569. The van der Waals surface area contributed by atoms with Gasteiger partial charge in [-0.15, -0.1) is 11.3 Å². The topological polar surface area (TPSA) is 46.2 Å². The minimum atomic E-state index is -3.50. The zero-order valence-corrected chi connectivity index (χ0v) is 12.0. The van der Waals surface area contributed by atoms with E-state index < -0.39 is 10.0 Å². The van der Waals surface area contributed by atoms with Crippen LogP contribution in [0.4, 0.5) is 0 Å². The van der Waals surface area contributed by atoms with Gasteiger partial charge in [0.05, 0.1) is 4.34 Å². The first-order valence-electron chi connectivity index (χ1n) is 5.31. The third kappa shape index (κ3) is 3.11. The van der Waals surface area contributed by atoms with Crippen LogP contribution < -0.4 is 4.72 Å². The summed E-state index contributed by atoms with van der Waals surface area (Å²) in [6, 6.07) is 12.2. The molecule has 18 heavy (non-hydrogen) atoms. The molecule has 6 heteroatoms. The minimum absolute atomic E-state index is 0.232. The Morgan fingerprint density at radius 3 is 2.39 bits per heavy atom. The quantitative estimate of drug-likeness (QED) is 0.940. The third-order valence-corrected chi connectivity index (χ3v) is 5.71. The number of rotatable bonds is 4. The fourth-order valence-corrected chi connectivity index (χ4v) is 4.27. The van der Waals surface area contributed by atoms with Gasteiger partial charge in [-0.25, -0.2) is 13.1 Å². The second-order valence-electron chi connectivity index (χ2n) is 3.81. The summed E-state index contributed by atoms with van der Waals surface area (Å²) in [7, 11) is -3.50. The van der Waals surface area contributed by atoms with Crippen LogP contribution in [0.1, 0.15) is 18.5 Å². The number of thiophene rings is 1. The van der Waals surface area contributed by atoms with Crippen LogP contribution in [0.5, 0.6) is 0 Å². The lowest BCUT2D eigenvalue weighted by atomic mass is 10.1. The molecule has 0 amide bonds. The molecule has 0 fully saturated rings. The van der Waals surface area contributed by atoms with Gasteiger partial charge in [0, 0.05) is 6.04 Å². The Labute approximate surface area is 115 Å². The Kier molecular flexibility index (Phi) is 4.07. The molecule has 0 radical (unpaired) electrons. The van der Waals surface area contributed by atoms with Crippen LogP contribution in [-0.4, -0.2) is 8.42 Å². The lowest BCUT2D eigenvalue weighted by Crippen LogP contribution is -2.26. The maximum absolute atomic E-state index is 12.1. The SMILES string of the molecule is C[C@@H](NS(=O)(=O)c1ccc(Cl)s1)c1ccccc1. The average molecular weight is 302 g/mol. The molecule has 1 aromatic carbocycles. The number of nitrogens with one attached hydrogen (secondary N) is 1. The van der Waals surface area contributed by atoms with E-state index in [1.807, 2.05) is 37.3 Å². The Morgan fingerprint density at radius 2 is 1.83 bits per heavy atom. The predicted octanol–water partition coefficient (Wildman–Crippen LogP) is 3.44. The van der Waals surface area contributed by atoms with E-state index in [0.717, 1.165) is 16.9 Å². The van der Waals surface area contributed by atoms with Crippen LogP contribution in [0.15, 0.2) is 46.7 Å². The van der Waals surface area contributed by atoms with Gasteiger partial charge in [-0.05, 0) is 24.6 Å². The van der Waals surface area contributed by atoms with Crippen molar-refractivity contribution < 1.29 is 8.42 Å².